The van der Waals surface area contributed by atoms with Gasteiger partial charge in [0, 0.05) is 11.8 Å². The number of fused-ring (bicyclic) bond motifs is 3. The smallest absolute Gasteiger partial charge is 0.126 e. The summed E-state index contributed by atoms with van der Waals surface area (Å²) >= 11 is 0. The van der Waals surface area contributed by atoms with Crippen LogP contribution in [0.4, 0.5) is 0 Å². The summed E-state index contributed by atoms with van der Waals surface area (Å²) in [4.78, 5) is 0. The van der Waals surface area contributed by atoms with Gasteiger partial charge < -0.3 is 8.83 Å². The van der Waals surface area contributed by atoms with E-state index in [2.05, 4.69) is 68.5 Å². The summed E-state index contributed by atoms with van der Waals surface area (Å²) in [7, 11) is 0. The molecule has 2 heteroatoms. The Morgan fingerprint density at radius 1 is 0.727 bits per heavy atom. The van der Waals surface area contributed by atoms with Crippen molar-refractivity contribution in [1.82, 2.24) is 0 Å². The lowest BCUT2D eigenvalue weighted by molar-refractivity contribution is 0.435. The molecule has 0 atom stereocenters. The number of hydrogen-bond donors (Lipinski definition) is 0. The van der Waals surface area contributed by atoms with E-state index in [-0.39, 0.29) is 5.41 Å². The van der Waals surface area contributed by atoms with Crippen LogP contribution in [0.1, 0.15) is 73.3 Å². The van der Waals surface area contributed by atoms with Crippen molar-refractivity contribution in [3.05, 3.63) is 107 Å². The third-order valence-corrected chi connectivity index (χ3v) is 7.03. The van der Waals surface area contributed by atoms with Gasteiger partial charge in [-0.2, -0.15) is 0 Å². The molecule has 0 amide bonds. The van der Waals surface area contributed by atoms with Crippen LogP contribution < -0.4 is 0 Å². The lowest BCUT2D eigenvalue weighted by Gasteiger charge is -2.32. The molecule has 2 heterocycles. The molecular formula is C31H32O2. The quantitative estimate of drug-likeness (QED) is 0.262. The predicted molar refractivity (Wildman–Crippen MR) is 136 cm³/mol. The van der Waals surface area contributed by atoms with Crippen LogP contribution in [0.25, 0.3) is 23.3 Å². The van der Waals surface area contributed by atoms with Crippen molar-refractivity contribution in [3.63, 3.8) is 0 Å². The second-order valence-corrected chi connectivity index (χ2v) is 9.20. The zero-order chi connectivity index (χ0) is 22.7. The van der Waals surface area contributed by atoms with Gasteiger partial charge in [0.25, 0.3) is 0 Å². The Bertz CT molecular complexity index is 1220. The minimum Gasteiger partial charge on any atom is -0.469 e. The Morgan fingerprint density at radius 3 is 2.15 bits per heavy atom. The SMILES string of the molecule is CCCC1(CCC)c2cc(/C=C/c3ccco3)ccc2-c2ccc(CCc3ccco3)cc21. The Kier molecular flexibility index (Phi) is 6.09. The largest absolute Gasteiger partial charge is 0.469 e. The van der Waals surface area contributed by atoms with Crippen LogP contribution in [-0.2, 0) is 18.3 Å². The van der Waals surface area contributed by atoms with Gasteiger partial charge in [-0.1, -0.05) is 69.2 Å². The molecule has 0 radical (unpaired) electrons. The van der Waals surface area contributed by atoms with Gasteiger partial charge in [0.2, 0.25) is 0 Å². The van der Waals surface area contributed by atoms with Crippen molar-refractivity contribution < 1.29 is 8.83 Å². The lowest BCUT2D eigenvalue weighted by atomic mass is 9.71. The molecule has 168 valence electrons. The van der Waals surface area contributed by atoms with E-state index < -0.39 is 0 Å². The first-order valence-corrected chi connectivity index (χ1v) is 12.3. The van der Waals surface area contributed by atoms with Crippen molar-refractivity contribution in [3.8, 4) is 11.1 Å². The van der Waals surface area contributed by atoms with Crippen LogP contribution in [0, 0.1) is 0 Å². The van der Waals surface area contributed by atoms with Gasteiger partial charge in [-0.25, -0.2) is 0 Å². The first-order valence-electron chi connectivity index (χ1n) is 12.3. The number of rotatable bonds is 9. The fourth-order valence-corrected chi connectivity index (χ4v) is 5.62. The second-order valence-electron chi connectivity index (χ2n) is 9.20. The van der Waals surface area contributed by atoms with Gasteiger partial charge in [0.1, 0.15) is 11.5 Å². The van der Waals surface area contributed by atoms with Crippen LogP contribution in [0.2, 0.25) is 0 Å². The molecule has 0 fully saturated rings. The molecule has 2 nitrogen and oxygen atoms in total. The van der Waals surface area contributed by atoms with E-state index in [4.69, 9.17) is 8.83 Å². The average Bonchev–Trinajstić information content (AvgIpc) is 3.59. The summed E-state index contributed by atoms with van der Waals surface area (Å²) in [6, 6.07) is 22.1. The highest BCUT2D eigenvalue weighted by atomic mass is 16.3. The highest BCUT2D eigenvalue weighted by Crippen LogP contribution is 2.54. The minimum absolute atomic E-state index is 0.0867. The van der Waals surface area contributed by atoms with E-state index in [1.165, 1.54) is 59.1 Å². The van der Waals surface area contributed by atoms with E-state index in [9.17, 15) is 0 Å². The molecule has 33 heavy (non-hydrogen) atoms. The highest BCUT2D eigenvalue weighted by molar-refractivity contribution is 5.83. The Labute approximate surface area is 197 Å². The molecule has 0 spiro atoms. The Morgan fingerprint density at radius 2 is 1.45 bits per heavy atom. The molecule has 0 saturated carbocycles. The normalized spacial score (nSPS) is 14.0. The predicted octanol–water partition coefficient (Wildman–Crippen LogP) is 8.69. The van der Waals surface area contributed by atoms with Crippen molar-refractivity contribution in [1.29, 1.82) is 0 Å². The van der Waals surface area contributed by atoms with Gasteiger partial charge in [-0.3, -0.25) is 0 Å². The van der Waals surface area contributed by atoms with Crippen LogP contribution in [0.15, 0.2) is 82.0 Å². The first kappa shape index (κ1) is 21.6. The number of hydrogen-bond acceptors (Lipinski definition) is 2. The van der Waals surface area contributed by atoms with Crippen molar-refractivity contribution in [2.24, 2.45) is 0 Å². The lowest BCUT2D eigenvalue weighted by Crippen LogP contribution is -2.25. The summed E-state index contributed by atoms with van der Waals surface area (Å²) in [6.45, 7) is 4.63. The molecule has 5 rings (SSSR count). The number of aryl methyl sites for hydroxylation is 2. The first-order chi connectivity index (χ1) is 16.2. The van der Waals surface area contributed by atoms with Crippen LogP contribution in [-0.4, -0.2) is 0 Å². The molecule has 2 aromatic carbocycles. The molecule has 2 aromatic heterocycles. The van der Waals surface area contributed by atoms with E-state index in [1.807, 2.05) is 18.2 Å². The topological polar surface area (TPSA) is 26.3 Å². The number of furan rings is 2. The fourth-order valence-electron chi connectivity index (χ4n) is 5.62. The number of benzene rings is 2. The monoisotopic (exact) mass is 436 g/mol. The summed E-state index contributed by atoms with van der Waals surface area (Å²) in [5.41, 5.74) is 8.54. The fraction of sp³-hybridized carbons (Fsp3) is 0.290. The summed E-state index contributed by atoms with van der Waals surface area (Å²) in [5.74, 6) is 1.94. The molecule has 0 aliphatic heterocycles. The molecule has 0 saturated heterocycles. The van der Waals surface area contributed by atoms with Gasteiger partial charge in [-0.05, 0) is 83.0 Å². The zero-order valence-corrected chi connectivity index (χ0v) is 19.6. The van der Waals surface area contributed by atoms with Gasteiger partial charge in [0.05, 0.1) is 12.5 Å². The Balaban J connectivity index is 1.54. The molecule has 1 aliphatic rings. The summed E-state index contributed by atoms with van der Waals surface area (Å²) in [5, 5.41) is 0. The van der Waals surface area contributed by atoms with Gasteiger partial charge >= 0.3 is 0 Å². The maximum absolute atomic E-state index is 5.57. The van der Waals surface area contributed by atoms with E-state index in [0.29, 0.717) is 0 Å². The third-order valence-electron chi connectivity index (χ3n) is 7.03. The molecule has 0 bridgehead atoms. The van der Waals surface area contributed by atoms with Crippen molar-refractivity contribution >= 4 is 12.2 Å². The van der Waals surface area contributed by atoms with E-state index in [0.717, 1.165) is 24.4 Å². The van der Waals surface area contributed by atoms with Crippen LogP contribution >= 0.6 is 0 Å². The molecule has 0 unspecified atom stereocenters. The van der Waals surface area contributed by atoms with Crippen molar-refractivity contribution in [2.45, 2.75) is 57.8 Å². The van der Waals surface area contributed by atoms with E-state index in [1.54, 1.807) is 12.5 Å². The van der Waals surface area contributed by atoms with Gasteiger partial charge in [-0.15, -0.1) is 0 Å². The summed E-state index contributed by atoms with van der Waals surface area (Å²) < 4.78 is 11.1. The maximum Gasteiger partial charge on any atom is 0.126 e. The molecule has 0 N–H and O–H groups in total. The molecule has 4 aromatic rings. The van der Waals surface area contributed by atoms with E-state index >= 15 is 0 Å². The maximum atomic E-state index is 5.57. The summed E-state index contributed by atoms with van der Waals surface area (Å²) in [6.07, 6.45) is 14.3. The molecule has 1 aliphatic carbocycles. The zero-order valence-electron chi connectivity index (χ0n) is 19.6. The average molecular weight is 437 g/mol. The van der Waals surface area contributed by atoms with Crippen LogP contribution in [0.3, 0.4) is 0 Å². The third kappa shape index (κ3) is 4.11. The molecular weight excluding hydrogens is 404 g/mol. The highest BCUT2D eigenvalue weighted by Gasteiger charge is 2.41. The Hall–Kier alpha value is -3.26. The minimum atomic E-state index is 0.0867. The standard InChI is InChI=1S/C31H32O2/c1-3-17-31(18-4-2)29-21-23(9-13-25-7-5-19-32-25)11-15-27(29)28-16-12-24(22-30(28)31)10-14-26-8-6-20-33-26/h5-9,11-13,15-16,19-22H,3-4,10,14,17-18H2,1-2H3/b13-9+. The van der Waals surface area contributed by atoms with Crippen LogP contribution in [0.5, 0.6) is 0 Å². The van der Waals surface area contributed by atoms with Crippen molar-refractivity contribution in [2.75, 3.05) is 0 Å². The second kappa shape index (κ2) is 9.31. The van der Waals surface area contributed by atoms with Gasteiger partial charge in [0.15, 0.2) is 0 Å².